The Morgan fingerprint density at radius 1 is 0.839 bits per heavy atom. The molecular formula is C26H24F2N2O. The third kappa shape index (κ3) is 3.53. The molecular weight excluding hydrogens is 394 g/mol. The van der Waals surface area contributed by atoms with E-state index in [1.807, 2.05) is 36.4 Å². The second-order valence-corrected chi connectivity index (χ2v) is 8.53. The fourth-order valence-corrected chi connectivity index (χ4v) is 5.14. The molecule has 0 aromatic heterocycles. The molecule has 5 rings (SSSR count). The van der Waals surface area contributed by atoms with Crippen LogP contribution in [0.15, 0.2) is 78.9 Å². The van der Waals surface area contributed by atoms with Crippen molar-refractivity contribution in [1.29, 1.82) is 0 Å². The fourth-order valence-electron chi connectivity index (χ4n) is 5.14. The highest BCUT2D eigenvalue weighted by Crippen LogP contribution is 2.57. The van der Waals surface area contributed by atoms with Gasteiger partial charge in [-0.15, -0.1) is 0 Å². The quantitative estimate of drug-likeness (QED) is 0.535. The van der Waals surface area contributed by atoms with E-state index in [0.29, 0.717) is 12.2 Å². The number of anilines is 1. The number of carbonyl (C=O) groups is 1. The Labute approximate surface area is 180 Å². The molecule has 3 nitrogen and oxygen atoms in total. The minimum absolute atomic E-state index is 0.0670. The number of piperidine rings is 1. The standard InChI is InChI=1S/C26H24F2N2O/c27-21-9-4-6-19(16-21)18-29-14-12-26(13-15-29)24(20-7-2-1-3-8-20)30(25(26)31)23-11-5-10-22(28)17-23/h1-11,16-17,24H,12-15,18H2. The van der Waals surface area contributed by atoms with Crippen LogP contribution in [0.2, 0.25) is 0 Å². The zero-order valence-corrected chi connectivity index (χ0v) is 17.2. The predicted octanol–water partition coefficient (Wildman–Crippen LogP) is 5.34. The fraction of sp³-hybridized carbons (Fsp3) is 0.269. The third-order valence-corrected chi connectivity index (χ3v) is 6.67. The molecule has 0 aliphatic carbocycles. The highest BCUT2D eigenvalue weighted by molar-refractivity contribution is 6.06. The van der Waals surface area contributed by atoms with Crippen molar-refractivity contribution < 1.29 is 13.6 Å². The Morgan fingerprint density at radius 2 is 1.52 bits per heavy atom. The van der Waals surface area contributed by atoms with E-state index in [9.17, 15) is 13.6 Å². The summed E-state index contributed by atoms with van der Waals surface area (Å²) in [5.41, 5.74) is 2.14. The van der Waals surface area contributed by atoms with E-state index in [1.54, 1.807) is 29.2 Å². The summed E-state index contributed by atoms with van der Waals surface area (Å²) in [5, 5.41) is 0. The van der Waals surface area contributed by atoms with Crippen LogP contribution >= 0.6 is 0 Å². The van der Waals surface area contributed by atoms with Gasteiger partial charge in [0.15, 0.2) is 0 Å². The first-order valence-corrected chi connectivity index (χ1v) is 10.7. The van der Waals surface area contributed by atoms with Crippen molar-refractivity contribution in [2.45, 2.75) is 25.4 Å². The molecule has 0 saturated carbocycles. The number of likely N-dealkylation sites (tertiary alicyclic amines) is 1. The van der Waals surface area contributed by atoms with E-state index < -0.39 is 5.41 Å². The molecule has 1 amide bonds. The first-order chi connectivity index (χ1) is 15.1. The van der Waals surface area contributed by atoms with E-state index in [4.69, 9.17) is 0 Å². The zero-order valence-electron chi connectivity index (χ0n) is 17.2. The van der Waals surface area contributed by atoms with Crippen LogP contribution in [0, 0.1) is 17.0 Å². The molecule has 1 spiro atoms. The molecule has 0 bridgehead atoms. The van der Waals surface area contributed by atoms with Gasteiger partial charge in [-0.05, 0) is 67.4 Å². The minimum atomic E-state index is -0.480. The number of nitrogens with zero attached hydrogens (tertiary/aromatic N) is 2. The molecule has 1 atom stereocenters. The summed E-state index contributed by atoms with van der Waals surface area (Å²) in [7, 11) is 0. The van der Waals surface area contributed by atoms with Crippen LogP contribution in [-0.2, 0) is 11.3 Å². The van der Waals surface area contributed by atoms with Crippen molar-refractivity contribution in [2.75, 3.05) is 18.0 Å². The molecule has 2 saturated heterocycles. The first-order valence-electron chi connectivity index (χ1n) is 10.7. The predicted molar refractivity (Wildman–Crippen MR) is 116 cm³/mol. The van der Waals surface area contributed by atoms with Gasteiger partial charge >= 0.3 is 0 Å². The molecule has 3 aromatic rings. The van der Waals surface area contributed by atoms with Gasteiger partial charge in [0.25, 0.3) is 0 Å². The van der Waals surface area contributed by atoms with Crippen LogP contribution < -0.4 is 4.90 Å². The first kappa shape index (κ1) is 19.9. The summed E-state index contributed by atoms with van der Waals surface area (Å²) in [6.45, 7) is 2.21. The van der Waals surface area contributed by atoms with E-state index >= 15 is 0 Å². The number of benzene rings is 3. The normalized spacial score (nSPS) is 20.6. The van der Waals surface area contributed by atoms with Gasteiger partial charge in [-0.3, -0.25) is 9.69 Å². The van der Waals surface area contributed by atoms with Crippen molar-refractivity contribution in [1.82, 2.24) is 4.90 Å². The molecule has 2 aliphatic heterocycles. The van der Waals surface area contributed by atoms with Gasteiger partial charge in [-0.25, -0.2) is 8.78 Å². The van der Waals surface area contributed by atoms with Crippen LogP contribution in [-0.4, -0.2) is 23.9 Å². The van der Waals surface area contributed by atoms with Gasteiger partial charge in [-0.1, -0.05) is 48.5 Å². The van der Waals surface area contributed by atoms with Gasteiger partial charge in [0.05, 0.1) is 11.5 Å². The highest BCUT2D eigenvalue weighted by Gasteiger charge is 2.61. The van der Waals surface area contributed by atoms with Crippen molar-refractivity contribution in [3.8, 4) is 0 Å². The van der Waals surface area contributed by atoms with Crippen LogP contribution in [0.3, 0.4) is 0 Å². The lowest BCUT2D eigenvalue weighted by Gasteiger charge is -2.59. The number of hydrogen-bond acceptors (Lipinski definition) is 2. The highest BCUT2D eigenvalue weighted by atomic mass is 19.1. The minimum Gasteiger partial charge on any atom is -0.303 e. The van der Waals surface area contributed by atoms with Crippen molar-refractivity contribution >= 4 is 11.6 Å². The summed E-state index contributed by atoms with van der Waals surface area (Å²) < 4.78 is 27.4. The summed E-state index contributed by atoms with van der Waals surface area (Å²) in [6.07, 6.45) is 1.46. The van der Waals surface area contributed by atoms with Gasteiger partial charge in [0.2, 0.25) is 5.91 Å². The monoisotopic (exact) mass is 418 g/mol. The largest absolute Gasteiger partial charge is 0.303 e. The molecule has 1 unspecified atom stereocenters. The number of rotatable bonds is 4. The molecule has 2 heterocycles. The average Bonchev–Trinajstić information content (AvgIpc) is 2.78. The van der Waals surface area contributed by atoms with Gasteiger partial charge in [0, 0.05) is 12.2 Å². The molecule has 2 fully saturated rings. The summed E-state index contributed by atoms with van der Waals surface area (Å²) in [4.78, 5) is 17.5. The van der Waals surface area contributed by atoms with E-state index in [0.717, 1.165) is 37.1 Å². The van der Waals surface area contributed by atoms with E-state index in [1.165, 1.54) is 18.2 Å². The SMILES string of the molecule is O=C1N(c2cccc(F)c2)C(c2ccccc2)C12CCN(Cc1cccc(F)c1)CC2. The van der Waals surface area contributed by atoms with Crippen molar-refractivity contribution in [3.05, 3.63) is 102 Å². The summed E-state index contributed by atoms with van der Waals surface area (Å²) in [6, 6.07) is 22.8. The number of carbonyl (C=O) groups excluding carboxylic acids is 1. The Morgan fingerprint density at radius 3 is 2.19 bits per heavy atom. The van der Waals surface area contributed by atoms with Crippen LogP contribution in [0.5, 0.6) is 0 Å². The van der Waals surface area contributed by atoms with Crippen molar-refractivity contribution in [3.63, 3.8) is 0 Å². The lowest BCUT2D eigenvalue weighted by Crippen LogP contribution is -2.66. The Balaban J connectivity index is 1.40. The van der Waals surface area contributed by atoms with E-state index in [2.05, 4.69) is 4.90 Å². The second-order valence-electron chi connectivity index (χ2n) is 8.53. The maximum absolute atomic E-state index is 13.9. The lowest BCUT2D eigenvalue weighted by atomic mass is 9.62. The maximum Gasteiger partial charge on any atom is 0.236 e. The topological polar surface area (TPSA) is 23.6 Å². The Hall–Kier alpha value is -3.05. The van der Waals surface area contributed by atoms with Gasteiger partial charge in [0.1, 0.15) is 11.6 Å². The molecule has 3 aromatic carbocycles. The number of β-lactam (4-membered cyclic amide) rings is 1. The van der Waals surface area contributed by atoms with E-state index in [-0.39, 0.29) is 23.6 Å². The molecule has 0 N–H and O–H groups in total. The molecule has 2 aliphatic rings. The smallest absolute Gasteiger partial charge is 0.236 e. The van der Waals surface area contributed by atoms with Crippen LogP contribution in [0.25, 0.3) is 0 Å². The van der Waals surface area contributed by atoms with Crippen LogP contribution in [0.4, 0.5) is 14.5 Å². The maximum atomic E-state index is 13.9. The number of halogens is 2. The molecule has 158 valence electrons. The third-order valence-electron chi connectivity index (χ3n) is 6.67. The van der Waals surface area contributed by atoms with Crippen LogP contribution in [0.1, 0.15) is 30.0 Å². The average molecular weight is 418 g/mol. The van der Waals surface area contributed by atoms with Gasteiger partial charge < -0.3 is 4.90 Å². The van der Waals surface area contributed by atoms with Crippen molar-refractivity contribution in [2.24, 2.45) is 5.41 Å². The summed E-state index contributed by atoms with van der Waals surface area (Å²) >= 11 is 0. The summed E-state index contributed by atoms with van der Waals surface area (Å²) in [5.74, 6) is -0.504. The molecule has 0 radical (unpaired) electrons. The second kappa shape index (κ2) is 7.89. The lowest BCUT2D eigenvalue weighted by molar-refractivity contribution is -0.145. The zero-order chi connectivity index (χ0) is 21.4. The Bertz CT molecular complexity index is 1090. The van der Waals surface area contributed by atoms with Gasteiger partial charge in [-0.2, -0.15) is 0 Å². The molecule has 5 heteroatoms. The number of amides is 1. The Kier molecular flexibility index (Phi) is 5.06. The molecule has 31 heavy (non-hydrogen) atoms. The number of hydrogen-bond donors (Lipinski definition) is 0.